The predicted octanol–water partition coefficient (Wildman–Crippen LogP) is 1.30. The quantitative estimate of drug-likeness (QED) is 0.489. The normalized spacial score (nSPS) is 10.4. The Hall–Kier alpha value is -2.32. The van der Waals surface area contributed by atoms with E-state index in [-0.39, 0.29) is 0 Å². The first kappa shape index (κ1) is 12.7. The Morgan fingerprint density at radius 2 is 2.24 bits per heavy atom. The second kappa shape index (κ2) is 4.68. The second-order valence-corrected chi connectivity index (χ2v) is 2.88. The second-order valence-electron chi connectivity index (χ2n) is 2.88. The third-order valence-corrected chi connectivity index (χ3v) is 1.88. The Morgan fingerprint density at radius 1 is 1.65 bits per heavy atom. The lowest BCUT2D eigenvalue weighted by Crippen LogP contribution is -2.12. The molecule has 0 fully saturated rings. The van der Waals surface area contributed by atoms with Crippen LogP contribution in [-0.4, -0.2) is 23.0 Å². The molecule has 17 heavy (non-hydrogen) atoms. The summed E-state index contributed by atoms with van der Waals surface area (Å²) in [6.07, 6.45) is -3.06. The molecule has 2 N–H and O–H groups in total. The van der Waals surface area contributed by atoms with Crippen molar-refractivity contribution in [2.45, 2.75) is 6.43 Å². The first-order chi connectivity index (χ1) is 7.88. The molecule has 0 amide bonds. The van der Waals surface area contributed by atoms with Gasteiger partial charge in [-0.1, -0.05) is 0 Å². The van der Waals surface area contributed by atoms with Gasteiger partial charge in [-0.15, -0.1) is 0 Å². The van der Waals surface area contributed by atoms with Crippen LogP contribution in [0.3, 0.4) is 0 Å². The molecule has 0 radical (unpaired) electrons. The monoisotopic (exact) mass is 247 g/mol. The molecule has 92 valence electrons. The summed E-state index contributed by atoms with van der Waals surface area (Å²) >= 11 is 0. The lowest BCUT2D eigenvalue weighted by atomic mass is 10.1. The minimum Gasteiger partial charge on any atom is -0.463 e. The number of carbonyl (C=O) groups is 1. The summed E-state index contributed by atoms with van der Waals surface area (Å²) in [5.41, 5.74) is 3.11. The van der Waals surface area contributed by atoms with E-state index in [0.717, 1.165) is 7.11 Å². The molecule has 0 atom stereocenters. The topological polar surface area (TPSA) is 108 Å². The molecule has 0 saturated carbocycles. The van der Waals surface area contributed by atoms with Crippen LogP contribution in [-0.2, 0) is 4.74 Å². The Balaban J connectivity index is 3.48. The van der Waals surface area contributed by atoms with Gasteiger partial charge in [0.15, 0.2) is 0 Å². The number of aromatic nitrogens is 1. The number of halogens is 2. The molecule has 0 aliphatic rings. The Kier molecular flexibility index (Phi) is 3.51. The van der Waals surface area contributed by atoms with Gasteiger partial charge in [0.25, 0.3) is 12.1 Å². The van der Waals surface area contributed by atoms with Crippen molar-refractivity contribution in [3.05, 3.63) is 27.4 Å². The smallest absolute Gasteiger partial charge is 0.385 e. The minimum absolute atomic E-state index is 0.520. The highest BCUT2D eigenvalue weighted by molar-refractivity contribution is 5.94. The highest BCUT2D eigenvalue weighted by Gasteiger charge is 2.28. The third-order valence-electron chi connectivity index (χ3n) is 1.88. The molecule has 1 rings (SSSR count). The van der Waals surface area contributed by atoms with Gasteiger partial charge < -0.3 is 20.6 Å². The number of nitrogens with zero attached hydrogens (tertiary/aromatic N) is 2. The van der Waals surface area contributed by atoms with E-state index >= 15 is 0 Å². The molecule has 0 unspecified atom stereocenters. The van der Waals surface area contributed by atoms with Gasteiger partial charge in [-0.2, -0.15) is 0 Å². The van der Waals surface area contributed by atoms with Gasteiger partial charge in [0.2, 0.25) is 0 Å². The molecule has 1 aromatic rings. The van der Waals surface area contributed by atoms with E-state index in [9.17, 15) is 23.7 Å². The highest BCUT2D eigenvalue weighted by atomic mass is 19.3. The van der Waals surface area contributed by atoms with Crippen molar-refractivity contribution in [2.75, 3.05) is 12.8 Å². The summed E-state index contributed by atoms with van der Waals surface area (Å²) in [5, 5.41) is 10.5. The summed E-state index contributed by atoms with van der Waals surface area (Å²) in [5.74, 6) is -2.01. The van der Waals surface area contributed by atoms with Crippen LogP contribution in [0.1, 0.15) is 22.5 Å². The first-order valence-corrected chi connectivity index (χ1v) is 4.19. The largest absolute Gasteiger partial charge is 0.463 e. The number of ether oxygens (including phenoxy) is 1. The van der Waals surface area contributed by atoms with Crippen molar-refractivity contribution in [2.24, 2.45) is 0 Å². The van der Waals surface area contributed by atoms with Gasteiger partial charge in [-0.3, -0.25) is 0 Å². The number of carbonyl (C=O) groups excluding carboxylic acids is 1. The van der Waals surface area contributed by atoms with Crippen molar-refractivity contribution in [1.82, 2.24) is 4.98 Å². The predicted molar refractivity (Wildman–Crippen MR) is 51.6 cm³/mol. The minimum atomic E-state index is -3.06. The number of hydrogen-bond acceptors (Lipinski definition) is 6. The van der Waals surface area contributed by atoms with E-state index in [1.54, 1.807) is 0 Å². The first-order valence-electron chi connectivity index (χ1n) is 4.19. The van der Waals surface area contributed by atoms with Crippen LogP contribution in [0.2, 0.25) is 0 Å². The van der Waals surface area contributed by atoms with E-state index in [1.807, 2.05) is 0 Å². The van der Waals surface area contributed by atoms with Gasteiger partial charge in [-0.25, -0.2) is 13.6 Å². The third kappa shape index (κ3) is 2.44. The number of methoxy groups -OCH3 is 1. The van der Waals surface area contributed by atoms with Crippen LogP contribution >= 0.6 is 0 Å². The standard InChI is InChI=1S/C8H7F2N3O4/c1-17-8(14)6-5(11)3(7(9)10)2-4(12-6)13(15)16/h2,7H,11H2,1H3. The zero-order valence-electron chi connectivity index (χ0n) is 8.52. The van der Waals surface area contributed by atoms with Gasteiger partial charge in [0.05, 0.1) is 12.7 Å². The molecule has 1 aromatic heterocycles. The van der Waals surface area contributed by atoms with Crippen LogP contribution < -0.4 is 5.73 Å². The maximum Gasteiger partial charge on any atom is 0.385 e. The fourth-order valence-corrected chi connectivity index (χ4v) is 1.09. The van der Waals surface area contributed by atoms with Gasteiger partial charge >= 0.3 is 11.8 Å². The van der Waals surface area contributed by atoms with Crippen LogP contribution in [0.25, 0.3) is 0 Å². The molecule has 0 saturated heterocycles. The number of nitro groups is 1. The van der Waals surface area contributed by atoms with E-state index in [1.165, 1.54) is 0 Å². The molecule has 0 aromatic carbocycles. The van der Waals surface area contributed by atoms with E-state index in [4.69, 9.17) is 5.73 Å². The van der Waals surface area contributed by atoms with Gasteiger partial charge in [-0.05, 0) is 9.91 Å². The molecular weight excluding hydrogens is 240 g/mol. The van der Waals surface area contributed by atoms with Crippen LogP contribution in [0.4, 0.5) is 20.3 Å². The van der Waals surface area contributed by atoms with Crippen LogP contribution in [0.15, 0.2) is 6.07 Å². The van der Waals surface area contributed by atoms with E-state index in [2.05, 4.69) is 9.72 Å². The van der Waals surface area contributed by atoms with Crippen LogP contribution in [0, 0.1) is 10.1 Å². The van der Waals surface area contributed by atoms with Gasteiger partial charge in [0.1, 0.15) is 5.69 Å². The molecule has 0 bridgehead atoms. The van der Waals surface area contributed by atoms with Gasteiger partial charge in [0, 0.05) is 6.07 Å². The van der Waals surface area contributed by atoms with Crippen molar-refractivity contribution in [3.63, 3.8) is 0 Å². The van der Waals surface area contributed by atoms with E-state index in [0.29, 0.717) is 6.07 Å². The number of hydrogen-bond donors (Lipinski definition) is 1. The average molecular weight is 247 g/mol. The molecule has 9 heteroatoms. The number of rotatable bonds is 3. The van der Waals surface area contributed by atoms with E-state index < -0.39 is 40.1 Å². The number of nitrogen functional groups attached to an aromatic ring is 1. The maximum atomic E-state index is 12.5. The van der Waals surface area contributed by atoms with Crippen molar-refractivity contribution >= 4 is 17.5 Å². The summed E-state index contributed by atoms with van der Waals surface area (Å²) in [4.78, 5) is 23.9. The van der Waals surface area contributed by atoms with Crippen LogP contribution in [0.5, 0.6) is 0 Å². The maximum absolute atomic E-state index is 12.5. The summed E-state index contributed by atoms with van der Waals surface area (Å²) in [6.45, 7) is 0. The highest BCUT2D eigenvalue weighted by Crippen LogP contribution is 2.30. The molecule has 1 heterocycles. The number of esters is 1. The Labute approximate surface area is 93.3 Å². The number of pyridine rings is 1. The number of alkyl halides is 2. The fraction of sp³-hybridized carbons (Fsp3) is 0.250. The number of nitrogens with two attached hydrogens (primary N) is 1. The molecule has 0 aliphatic heterocycles. The van der Waals surface area contributed by atoms with Crippen molar-refractivity contribution in [1.29, 1.82) is 0 Å². The van der Waals surface area contributed by atoms with Crippen molar-refractivity contribution < 1.29 is 23.2 Å². The molecule has 0 aliphatic carbocycles. The number of anilines is 1. The summed E-state index contributed by atoms with van der Waals surface area (Å²) < 4.78 is 29.3. The summed E-state index contributed by atoms with van der Waals surface area (Å²) in [7, 11) is 0.977. The molecular formula is C8H7F2N3O4. The zero-order chi connectivity index (χ0) is 13.2. The summed E-state index contributed by atoms with van der Waals surface area (Å²) in [6, 6.07) is 0.520. The molecule has 0 spiro atoms. The molecule has 7 nitrogen and oxygen atoms in total. The Bertz CT molecular complexity index is 478. The Morgan fingerprint density at radius 3 is 2.65 bits per heavy atom. The zero-order valence-corrected chi connectivity index (χ0v) is 8.52. The lowest BCUT2D eigenvalue weighted by Gasteiger charge is -2.05. The fourth-order valence-electron chi connectivity index (χ4n) is 1.09. The SMILES string of the molecule is COC(=O)c1nc([N+](=O)[O-])cc(C(F)F)c1N. The average Bonchev–Trinajstić information content (AvgIpc) is 2.27. The van der Waals surface area contributed by atoms with Crippen molar-refractivity contribution in [3.8, 4) is 0 Å². The lowest BCUT2D eigenvalue weighted by molar-refractivity contribution is -0.389.